The van der Waals surface area contributed by atoms with E-state index in [2.05, 4.69) is 4.90 Å². The molecule has 0 N–H and O–H groups in total. The van der Waals surface area contributed by atoms with Gasteiger partial charge in [0.1, 0.15) is 0 Å². The summed E-state index contributed by atoms with van der Waals surface area (Å²) >= 11 is 11.9. The van der Waals surface area contributed by atoms with E-state index in [-0.39, 0.29) is 11.8 Å². The molecule has 1 aromatic carbocycles. The monoisotopic (exact) mass is 409 g/mol. The fourth-order valence-electron chi connectivity index (χ4n) is 2.98. The van der Waals surface area contributed by atoms with E-state index in [0.717, 1.165) is 5.56 Å². The second-order valence-corrected chi connectivity index (χ2v) is 7.36. The number of furan rings is 1. The normalized spacial score (nSPS) is 15.0. The largest absolute Gasteiger partial charge is 0.459 e. The molecule has 1 fully saturated rings. The Kier molecular flexibility index (Phi) is 6.42. The molecule has 6 nitrogen and oxygen atoms in total. The van der Waals surface area contributed by atoms with Crippen LogP contribution in [0.15, 0.2) is 41.0 Å². The van der Waals surface area contributed by atoms with Crippen LogP contribution in [0, 0.1) is 0 Å². The first-order valence-electron chi connectivity index (χ1n) is 8.67. The van der Waals surface area contributed by atoms with E-state index >= 15 is 0 Å². The van der Waals surface area contributed by atoms with Crippen LogP contribution in [-0.2, 0) is 11.3 Å². The molecular weight excluding hydrogens is 389 g/mol. The molecule has 0 radical (unpaired) electrons. The summed E-state index contributed by atoms with van der Waals surface area (Å²) in [6, 6.07) is 8.72. The van der Waals surface area contributed by atoms with Crippen LogP contribution in [0.25, 0.3) is 0 Å². The van der Waals surface area contributed by atoms with Crippen molar-refractivity contribution in [1.82, 2.24) is 14.7 Å². The summed E-state index contributed by atoms with van der Waals surface area (Å²) in [5, 5.41) is 0.976. The Morgan fingerprint density at radius 1 is 1.11 bits per heavy atom. The van der Waals surface area contributed by atoms with Gasteiger partial charge in [-0.2, -0.15) is 0 Å². The van der Waals surface area contributed by atoms with Gasteiger partial charge >= 0.3 is 0 Å². The molecule has 1 saturated heterocycles. The molecule has 2 heterocycles. The average molecular weight is 410 g/mol. The topological polar surface area (TPSA) is 57.0 Å². The number of hydrogen-bond acceptors (Lipinski definition) is 4. The number of halogens is 2. The zero-order valence-electron chi connectivity index (χ0n) is 15.0. The molecule has 1 aromatic heterocycles. The maximum atomic E-state index is 12.5. The van der Waals surface area contributed by atoms with Gasteiger partial charge in [0.2, 0.25) is 5.91 Å². The second kappa shape index (κ2) is 8.78. The molecule has 27 heavy (non-hydrogen) atoms. The minimum Gasteiger partial charge on any atom is -0.459 e. The van der Waals surface area contributed by atoms with Crippen LogP contribution in [0.2, 0.25) is 10.0 Å². The number of likely N-dealkylation sites (N-methyl/N-ethyl adjacent to an activating group) is 1. The lowest BCUT2D eigenvalue weighted by Crippen LogP contribution is -2.51. The van der Waals surface area contributed by atoms with Crippen molar-refractivity contribution in [3.8, 4) is 0 Å². The highest BCUT2D eigenvalue weighted by Gasteiger charge is 2.25. The Labute approximate surface area is 168 Å². The van der Waals surface area contributed by atoms with Crippen LogP contribution >= 0.6 is 23.2 Å². The maximum absolute atomic E-state index is 12.5. The Morgan fingerprint density at radius 2 is 1.85 bits per heavy atom. The van der Waals surface area contributed by atoms with E-state index in [1.807, 2.05) is 6.07 Å². The predicted octanol–water partition coefficient (Wildman–Crippen LogP) is 3.00. The summed E-state index contributed by atoms with van der Waals surface area (Å²) in [4.78, 5) is 30.2. The summed E-state index contributed by atoms with van der Waals surface area (Å²) in [6.07, 6.45) is 1.49. The fraction of sp³-hybridized carbons (Fsp3) is 0.368. The van der Waals surface area contributed by atoms with Crippen LogP contribution in [0.4, 0.5) is 0 Å². The molecule has 0 bridgehead atoms. The molecule has 144 valence electrons. The van der Waals surface area contributed by atoms with Crippen LogP contribution < -0.4 is 0 Å². The molecule has 2 amide bonds. The molecule has 2 aromatic rings. The average Bonchev–Trinajstić information content (AvgIpc) is 3.19. The van der Waals surface area contributed by atoms with Crippen molar-refractivity contribution in [3.63, 3.8) is 0 Å². The van der Waals surface area contributed by atoms with Crippen molar-refractivity contribution in [1.29, 1.82) is 0 Å². The zero-order chi connectivity index (χ0) is 19.4. The molecule has 3 rings (SSSR count). The molecule has 1 aliphatic rings. The van der Waals surface area contributed by atoms with Crippen molar-refractivity contribution < 1.29 is 14.0 Å². The third-order valence-corrected chi connectivity index (χ3v) is 5.32. The lowest BCUT2D eigenvalue weighted by molar-refractivity contribution is -0.132. The van der Waals surface area contributed by atoms with Gasteiger partial charge in [-0.1, -0.05) is 29.3 Å². The van der Waals surface area contributed by atoms with Gasteiger partial charge in [-0.05, 0) is 29.8 Å². The predicted molar refractivity (Wildman–Crippen MR) is 104 cm³/mol. The van der Waals surface area contributed by atoms with Crippen LogP contribution in [0.1, 0.15) is 16.1 Å². The molecule has 0 saturated carbocycles. The van der Waals surface area contributed by atoms with Crippen molar-refractivity contribution in [2.24, 2.45) is 0 Å². The number of nitrogens with zero attached hydrogens (tertiary/aromatic N) is 3. The van der Waals surface area contributed by atoms with Crippen LogP contribution in [-0.4, -0.2) is 66.3 Å². The van der Waals surface area contributed by atoms with Gasteiger partial charge in [0.25, 0.3) is 5.91 Å². The summed E-state index contributed by atoms with van der Waals surface area (Å²) in [5.41, 5.74) is 0.925. The molecule has 1 aliphatic heterocycles. The van der Waals surface area contributed by atoms with Crippen LogP contribution in [0.3, 0.4) is 0 Å². The second-order valence-electron chi connectivity index (χ2n) is 6.54. The zero-order valence-corrected chi connectivity index (χ0v) is 16.5. The molecule has 0 aliphatic carbocycles. The fourth-order valence-corrected chi connectivity index (χ4v) is 3.30. The van der Waals surface area contributed by atoms with E-state index in [1.54, 1.807) is 41.1 Å². The first kappa shape index (κ1) is 19.7. The Balaban J connectivity index is 1.47. The van der Waals surface area contributed by atoms with Gasteiger partial charge in [0.15, 0.2) is 5.76 Å². The standard InChI is InChI=1S/C19H21Cl2N3O3/c1-22(12-14-4-5-15(20)16(21)11-14)18(25)13-23-6-8-24(9-7-23)19(26)17-3-2-10-27-17/h2-5,10-11H,6-9,12-13H2,1H3. The number of carbonyl (C=O) groups excluding carboxylic acids is 2. The minimum absolute atomic E-state index is 0.0203. The molecule has 0 atom stereocenters. The molecule has 0 spiro atoms. The highest BCUT2D eigenvalue weighted by atomic mass is 35.5. The number of benzene rings is 1. The smallest absolute Gasteiger partial charge is 0.289 e. The van der Waals surface area contributed by atoms with Gasteiger partial charge in [0.05, 0.1) is 22.9 Å². The van der Waals surface area contributed by atoms with E-state index < -0.39 is 0 Å². The van der Waals surface area contributed by atoms with Gasteiger partial charge in [-0.15, -0.1) is 0 Å². The summed E-state index contributed by atoms with van der Waals surface area (Å²) in [7, 11) is 1.77. The van der Waals surface area contributed by atoms with Gasteiger partial charge in [0, 0.05) is 39.8 Å². The number of rotatable bonds is 5. The van der Waals surface area contributed by atoms with Gasteiger partial charge in [-0.3, -0.25) is 14.5 Å². The first-order chi connectivity index (χ1) is 12.9. The maximum Gasteiger partial charge on any atom is 0.289 e. The van der Waals surface area contributed by atoms with Crippen LogP contribution in [0.5, 0.6) is 0 Å². The van der Waals surface area contributed by atoms with Crippen molar-refractivity contribution in [2.75, 3.05) is 39.8 Å². The molecule has 8 heteroatoms. The third-order valence-electron chi connectivity index (χ3n) is 4.58. The van der Waals surface area contributed by atoms with E-state index in [1.165, 1.54) is 6.26 Å². The minimum atomic E-state index is -0.109. The summed E-state index contributed by atoms with van der Waals surface area (Å²) in [6.45, 7) is 3.23. The van der Waals surface area contributed by atoms with E-state index in [0.29, 0.717) is 55.1 Å². The van der Waals surface area contributed by atoms with Crippen molar-refractivity contribution in [2.45, 2.75) is 6.54 Å². The van der Waals surface area contributed by atoms with E-state index in [9.17, 15) is 9.59 Å². The summed E-state index contributed by atoms with van der Waals surface area (Å²) < 4.78 is 5.16. The van der Waals surface area contributed by atoms with E-state index in [4.69, 9.17) is 27.6 Å². The third kappa shape index (κ3) is 5.03. The Bertz CT molecular complexity index is 803. The van der Waals surface area contributed by atoms with Crippen molar-refractivity contribution in [3.05, 3.63) is 58.0 Å². The SMILES string of the molecule is CN(Cc1ccc(Cl)c(Cl)c1)C(=O)CN1CCN(C(=O)c2ccco2)CC1. The lowest BCUT2D eigenvalue weighted by atomic mass is 10.2. The number of hydrogen-bond donors (Lipinski definition) is 0. The van der Waals surface area contributed by atoms with Gasteiger partial charge in [-0.25, -0.2) is 0 Å². The van der Waals surface area contributed by atoms with Crippen molar-refractivity contribution >= 4 is 35.0 Å². The highest BCUT2D eigenvalue weighted by Crippen LogP contribution is 2.23. The Hall–Kier alpha value is -2.02. The highest BCUT2D eigenvalue weighted by molar-refractivity contribution is 6.42. The number of carbonyl (C=O) groups is 2. The first-order valence-corrected chi connectivity index (χ1v) is 9.42. The summed E-state index contributed by atoms with van der Waals surface area (Å²) in [5.74, 6) is 0.260. The number of piperazine rings is 1. The quantitative estimate of drug-likeness (QED) is 0.761. The Morgan fingerprint density at radius 3 is 2.48 bits per heavy atom. The molecular formula is C19H21Cl2N3O3. The lowest BCUT2D eigenvalue weighted by Gasteiger charge is -2.34. The van der Waals surface area contributed by atoms with Gasteiger partial charge < -0.3 is 14.2 Å². The number of amides is 2. The molecule has 0 unspecified atom stereocenters.